The van der Waals surface area contributed by atoms with Crippen molar-refractivity contribution in [3.8, 4) is 0 Å². The number of anilines is 2. The lowest BCUT2D eigenvalue weighted by atomic mass is 9.91. The highest BCUT2D eigenvalue weighted by Crippen LogP contribution is 2.29. The van der Waals surface area contributed by atoms with E-state index in [1.807, 2.05) is 39.0 Å². The van der Waals surface area contributed by atoms with Gasteiger partial charge in [0.05, 0.1) is 12.1 Å². The summed E-state index contributed by atoms with van der Waals surface area (Å²) < 4.78 is 0. The van der Waals surface area contributed by atoms with Crippen LogP contribution in [0.25, 0.3) is 0 Å². The number of hydrogen-bond donors (Lipinski definition) is 1. The molecule has 2 aromatic carbocycles. The third-order valence-electron chi connectivity index (χ3n) is 5.48. The van der Waals surface area contributed by atoms with Crippen LogP contribution in [0.1, 0.15) is 46.1 Å². The Balaban J connectivity index is 1.83. The van der Waals surface area contributed by atoms with Crippen LogP contribution in [0.5, 0.6) is 0 Å². The van der Waals surface area contributed by atoms with Crippen LogP contribution in [-0.4, -0.2) is 41.1 Å². The molecule has 1 fully saturated rings. The SMILES string of the molecule is CC(=O)Nc1ccc(N2C(=O)CC(N(CCc3cccc(Cl)c3)C(=O)CC(C)(C)C)C2=O)cc1. The van der Waals surface area contributed by atoms with Gasteiger partial charge < -0.3 is 10.2 Å². The summed E-state index contributed by atoms with van der Waals surface area (Å²) in [4.78, 5) is 53.4. The smallest absolute Gasteiger partial charge is 0.257 e. The molecule has 2 aromatic rings. The van der Waals surface area contributed by atoms with E-state index in [1.54, 1.807) is 30.3 Å². The Labute approximate surface area is 205 Å². The lowest BCUT2D eigenvalue weighted by Crippen LogP contribution is -2.47. The van der Waals surface area contributed by atoms with Crippen molar-refractivity contribution in [2.45, 2.75) is 53.0 Å². The van der Waals surface area contributed by atoms with E-state index in [0.29, 0.717) is 29.4 Å². The van der Waals surface area contributed by atoms with Gasteiger partial charge in [-0.1, -0.05) is 44.5 Å². The summed E-state index contributed by atoms with van der Waals surface area (Å²) in [6.07, 6.45) is 0.698. The zero-order valence-electron chi connectivity index (χ0n) is 19.9. The van der Waals surface area contributed by atoms with Crippen LogP contribution in [0, 0.1) is 5.41 Å². The van der Waals surface area contributed by atoms with Gasteiger partial charge in [-0.25, -0.2) is 4.90 Å². The van der Waals surface area contributed by atoms with Gasteiger partial charge in [-0.15, -0.1) is 0 Å². The molecule has 1 N–H and O–H groups in total. The molecule has 34 heavy (non-hydrogen) atoms. The molecule has 1 heterocycles. The van der Waals surface area contributed by atoms with E-state index in [-0.39, 0.29) is 36.0 Å². The van der Waals surface area contributed by atoms with Crippen LogP contribution in [0.3, 0.4) is 0 Å². The third-order valence-corrected chi connectivity index (χ3v) is 5.71. The first-order valence-electron chi connectivity index (χ1n) is 11.2. The van der Waals surface area contributed by atoms with E-state index in [0.717, 1.165) is 10.5 Å². The Morgan fingerprint density at radius 1 is 1.12 bits per heavy atom. The van der Waals surface area contributed by atoms with Gasteiger partial charge in [-0.3, -0.25) is 19.2 Å². The Bertz CT molecular complexity index is 1090. The molecule has 0 radical (unpaired) electrons. The molecule has 4 amide bonds. The Hall–Kier alpha value is -3.19. The summed E-state index contributed by atoms with van der Waals surface area (Å²) in [6, 6.07) is 13.0. The molecule has 1 aliphatic rings. The number of halogens is 1. The van der Waals surface area contributed by atoms with Crippen molar-refractivity contribution in [2.24, 2.45) is 5.41 Å². The normalized spacial score (nSPS) is 16.0. The zero-order valence-corrected chi connectivity index (χ0v) is 20.7. The van der Waals surface area contributed by atoms with Crippen LogP contribution in [-0.2, 0) is 25.6 Å². The maximum Gasteiger partial charge on any atom is 0.257 e. The van der Waals surface area contributed by atoms with Crippen molar-refractivity contribution >= 4 is 46.6 Å². The highest BCUT2D eigenvalue weighted by Gasteiger charge is 2.44. The summed E-state index contributed by atoms with van der Waals surface area (Å²) in [5.74, 6) is -1.17. The van der Waals surface area contributed by atoms with E-state index in [1.165, 1.54) is 11.8 Å². The van der Waals surface area contributed by atoms with Crippen molar-refractivity contribution < 1.29 is 19.2 Å². The van der Waals surface area contributed by atoms with Crippen molar-refractivity contribution in [1.29, 1.82) is 0 Å². The molecule has 180 valence electrons. The van der Waals surface area contributed by atoms with Gasteiger partial charge in [0.25, 0.3) is 5.91 Å². The molecule has 1 saturated heterocycles. The zero-order chi connectivity index (χ0) is 25.0. The van der Waals surface area contributed by atoms with Crippen molar-refractivity contribution in [3.63, 3.8) is 0 Å². The first-order valence-corrected chi connectivity index (χ1v) is 11.6. The maximum atomic E-state index is 13.4. The molecular weight excluding hydrogens is 454 g/mol. The molecule has 0 bridgehead atoms. The topological polar surface area (TPSA) is 86.8 Å². The second-order valence-electron chi connectivity index (χ2n) is 9.72. The molecule has 0 saturated carbocycles. The number of benzene rings is 2. The van der Waals surface area contributed by atoms with Crippen LogP contribution in [0.2, 0.25) is 5.02 Å². The molecule has 1 aliphatic heterocycles. The first-order chi connectivity index (χ1) is 15.9. The number of carbonyl (C=O) groups excluding carboxylic acids is 4. The second-order valence-corrected chi connectivity index (χ2v) is 10.2. The summed E-state index contributed by atoms with van der Waals surface area (Å²) in [5, 5.41) is 3.26. The summed E-state index contributed by atoms with van der Waals surface area (Å²) in [7, 11) is 0. The van der Waals surface area contributed by atoms with Crippen LogP contribution < -0.4 is 10.2 Å². The molecule has 1 atom stereocenters. The Kier molecular flexibility index (Phi) is 7.77. The first kappa shape index (κ1) is 25.4. The van der Waals surface area contributed by atoms with E-state index >= 15 is 0 Å². The number of nitrogens with one attached hydrogen (secondary N) is 1. The predicted octanol–water partition coefficient (Wildman–Crippen LogP) is 4.44. The van der Waals surface area contributed by atoms with E-state index in [4.69, 9.17) is 11.6 Å². The van der Waals surface area contributed by atoms with Gasteiger partial charge >= 0.3 is 0 Å². The second kappa shape index (κ2) is 10.4. The van der Waals surface area contributed by atoms with E-state index < -0.39 is 11.9 Å². The van der Waals surface area contributed by atoms with E-state index in [9.17, 15) is 19.2 Å². The summed E-state index contributed by atoms with van der Waals surface area (Å²) in [6.45, 7) is 7.59. The maximum absolute atomic E-state index is 13.4. The third kappa shape index (κ3) is 6.44. The number of carbonyl (C=O) groups is 4. The van der Waals surface area contributed by atoms with Crippen molar-refractivity contribution in [1.82, 2.24) is 4.90 Å². The number of imide groups is 1. The number of hydrogen-bond acceptors (Lipinski definition) is 4. The van der Waals surface area contributed by atoms with Gasteiger partial charge in [0.2, 0.25) is 17.7 Å². The molecule has 7 nitrogen and oxygen atoms in total. The molecule has 8 heteroatoms. The molecule has 0 aromatic heterocycles. The fraction of sp³-hybridized carbons (Fsp3) is 0.385. The lowest BCUT2D eigenvalue weighted by Gasteiger charge is -2.30. The van der Waals surface area contributed by atoms with Crippen LogP contribution in [0.15, 0.2) is 48.5 Å². The average Bonchev–Trinajstić information content (AvgIpc) is 3.01. The van der Waals surface area contributed by atoms with Gasteiger partial charge in [-0.2, -0.15) is 0 Å². The summed E-state index contributed by atoms with van der Waals surface area (Å²) >= 11 is 6.10. The fourth-order valence-corrected chi connectivity index (χ4v) is 4.19. The molecule has 1 unspecified atom stereocenters. The minimum absolute atomic E-state index is 0.0717. The van der Waals surface area contributed by atoms with E-state index in [2.05, 4.69) is 5.32 Å². The largest absolute Gasteiger partial charge is 0.330 e. The van der Waals surface area contributed by atoms with Gasteiger partial charge in [0, 0.05) is 30.6 Å². The Morgan fingerprint density at radius 3 is 2.38 bits per heavy atom. The number of nitrogens with zero attached hydrogens (tertiary/aromatic N) is 2. The van der Waals surface area contributed by atoms with Gasteiger partial charge in [0.15, 0.2) is 0 Å². The minimum atomic E-state index is -0.864. The molecule has 3 rings (SSSR count). The van der Waals surface area contributed by atoms with Crippen molar-refractivity contribution in [2.75, 3.05) is 16.8 Å². The summed E-state index contributed by atoms with van der Waals surface area (Å²) in [5.41, 5.74) is 1.65. The van der Waals surface area contributed by atoms with Crippen LogP contribution in [0.4, 0.5) is 11.4 Å². The highest BCUT2D eigenvalue weighted by atomic mass is 35.5. The minimum Gasteiger partial charge on any atom is -0.330 e. The number of amides is 4. The average molecular weight is 484 g/mol. The number of rotatable bonds is 7. The predicted molar refractivity (Wildman–Crippen MR) is 133 cm³/mol. The monoisotopic (exact) mass is 483 g/mol. The highest BCUT2D eigenvalue weighted by molar-refractivity contribution is 6.30. The van der Waals surface area contributed by atoms with Gasteiger partial charge in [0.1, 0.15) is 6.04 Å². The lowest BCUT2D eigenvalue weighted by molar-refractivity contribution is -0.139. The molecule has 0 aliphatic carbocycles. The molecular formula is C26H30ClN3O4. The van der Waals surface area contributed by atoms with Crippen LogP contribution >= 0.6 is 11.6 Å². The standard InChI is InChI=1S/C26H30ClN3O4/c1-17(31)28-20-8-10-21(11-9-20)30-23(32)15-22(25(30)34)29(24(33)16-26(2,3)4)13-12-18-6-5-7-19(27)14-18/h5-11,14,22H,12-13,15-16H2,1-4H3,(H,28,31). The molecule has 0 spiro atoms. The van der Waals surface area contributed by atoms with Gasteiger partial charge in [-0.05, 0) is 53.8 Å². The Morgan fingerprint density at radius 2 is 1.79 bits per heavy atom. The fourth-order valence-electron chi connectivity index (χ4n) is 3.98. The quantitative estimate of drug-likeness (QED) is 0.590. The van der Waals surface area contributed by atoms with Crippen molar-refractivity contribution in [3.05, 3.63) is 59.1 Å².